The first-order valence-electron chi connectivity index (χ1n) is 7.15. The van der Waals surface area contributed by atoms with E-state index < -0.39 is 6.04 Å². The zero-order chi connectivity index (χ0) is 15.4. The number of carbonyl (C=O) groups excluding carboxylic acids is 2. The zero-order valence-electron chi connectivity index (χ0n) is 12.4. The summed E-state index contributed by atoms with van der Waals surface area (Å²) in [7, 11) is 4.06. The molecule has 0 aromatic heterocycles. The lowest BCUT2D eigenvalue weighted by Gasteiger charge is -2.29. The molecule has 0 aromatic rings. The van der Waals surface area contributed by atoms with Crippen LogP contribution in [-0.4, -0.2) is 72.2 Å². The molecule has 0 aromatic carbocycles. The molecule has 2 rings (SSSR count). The van der Waals surface area contributed by atoms with Crippen molar-refractivity contribution in [2.75, 3.05) is 33.3 Å². The molecule has 120 valence electrons. The van der Waals surface area contributed by atoms with Crippen molar-refractivity contribution in [3.8, 4) is 0 Å². The molecule has 0 radical (unpaired) electrons. The molecular formula is C12H23N4O4P. The van der Waals surface area contributed by atoms with E-state index in [0.717, 1.165) is 19.5 Å². The van der Waals surface area contributed by atoms with Gasteiger partial charge in [0, 0.05) is 22.6 Å². The largest absolute Gasteiger partial charge is 0.345 e. The Morgan fingerprint density at radius 1 is 1.52 bits per heavy atom. The van der Waals surface area contributed by atoms with Crippen molar-refractivity contribution in [3.05, 3.63) is 0 Å². The fourth-order valence-corrected chi connectivity index (χ4v) is 2.85. The summed E-state index contributed by atoms with van der Waals surface area (Å²) in [6, 6.07) is -0.723. The lowest BCUT2D eigenvalue weighted by molar-refractivity contribution is -0.139. The van der Waals surface area contributed by atoms with Crippen LogP contribution in [0.1, 0.15) is 19.8 Å². The van der Waals surface area contributed by atoms with Crippen LogP contribution in [0, 0.1) is 0 Å². The highest BCUT2D eigenvalue weighted by molar-refractivity contribution is 7.09. The highest BCUT2D eigenvalue weighted by Crippen LogP contribution is 2.30. The van der Waals surface area contributed by atoms with Gasteiger partial charge in [-0.1, -0.05) is 6.92 Å². The van der Waals surface area contributed by atoms with Gasteiger partial charge in [0.2, 0.25) is 0 Å². The lowest BCUT2D eigenvalue weighted by Crippen LogP contribution is -2.50. The zero-order valence-corrected chi connectivity index (χ0v) is 13.6. The van der Waals surface area contributed by atoms with Crippen LogP contribution in [0.25, 0.3) is 0 Å². The van der Waals surface area contributed by atoms with Crippen LogP contribution in [0.2, 0.25) is 0 Å². The van der Waals surface area contributed by atoms with Gasteiger partial charge in [0.25, 0.3) is 5.91 Å². The molecule has 0 saturated carbocycles. The molecule has 2 fully saturated rings. The molecule has 0 spiro atoms. The number of rotatable bonds is 7. The smallest absolute Gasteiger partial charge is 0.309 e. The van der Waals surface area contributed by atoms with E-state index in [-0.39, 0.29) is 18.0 Å². The van der Waals surface area contributed by atoms with Crippen LogP contribution in [0.15, 0.2) is 0 Å². The highest BCUT2D eigenvalue weighted by Gasteiger charge is 2.47. The number of carbonyl (C=O) groups is 2. The third-order valence-corrected chi connectivity index (χ3v) is 4.25. The molecule has 8 nitrogen and oxygen atoms in total. The molecule has 2 heterocycles. The molecule has 3 atom stereocenters. The summed E-state index contributed by atoms with van der Waals surface area (Å²) < 4.78 is 4.99. The molecule has 0 aliphatic carbocycles. The van der Waals surface area contributed by atoms with Crippen molar-refractivity contribution in [2.24, 2.45) is 0 Å². The van der Waals surface area contributed by atoms with E-state index in [1.807, 2.05) is 7.05 Å². The monoisotopic (exact) mass is 318 g/mol. The summed E-state index contributed by atoms with van der Waals surface area (Å²) in [4.78, 5) is 33.0. The van der Waals surface area contributed by atoms with Crippen LogP contribution in [0.5, 0.6) is 0 Å². The number of fused-ring (bicyclic) bond motifs is 2. The maximum absolute atomic E-state index is 12.1. The molecule has 3 amide bonds. The average molecular weight is 318 g/mol. The van der Waals surface area contributed by atoms with Gasteiger partial charge in [-0.2, -0.15) is 5.06 Å². The van der Waals surface area contributed by atoms with Gasteiger partial charge in [0.1, 0.15) is 6.04 Å². The Balaban J connectivity index is 1.80. The summed E-state index contributed by atoms with van der Waals surface area (Å²) >= 11 is 0. The van der Waals surface area contributed by atoms with Gasteiger partial charge in [-0.25, -0.2) is 10.3 Å². The van der Waals surface area contributed by atoms with Crippen LogP contribution in [-0.2, 0) is 14.3 Å². The maximum Gasteiger partial charge on any atom is 0.345 e. The number of nitrogens with one attached hydrogen (secondary N) is 1. The summed E-state index contributed by atoms with van der Waals surface area (Å²) in [5.41, 5.74) is 2.44. The predicted molar refractivity (Wildman–Crippen MR) is 78.8 cm³/mol. The van der Waals surface area contributed by atoms with Crippen molar-refractivity contribution in [1.29, 1.82) is 0 Å². The summed E-state index contributed by atoms with van der Waals surface area (Å²) in [6.45, 7) is 4.65. The van der Waals surface area contributed by atoms with Gasteiger partial charge in [-0.15, -0.1) is 0 Å². The van der Waals surface area contributed by atoms with E-state index in [0.29, 0.717) is 19.6 Å². The Morgan fingerprint density at radius 3 is 2.95 bits per heavy atom. The molecule has 9 heteroatoms. The minimum Gasteiger partial charge on any atom is -0.309 e. The molecule has 2 aliphatic heterocycles. The first-order valence-corrected chi connectivity index (χ1v) is 7.62. The Kier molecular flexibility index (Phi) is 5.75. The second kappa shape index (κ2) is 7.35. The maximum atomic E-state index is 12.1. The van der Waals surface area contributed by atoms with Crippen LogP contribution >= 0.6 is 9.47 Å². The number of hydrogen-bond donors (Lipinski definition) is 1. The van der Waals surface area contributed by atoms with Crippen LogP contribution in [0.3, 0.4) is 0 Å². The Labute approximate surface area is 126 Å². The lowest BCUT2D eigenvalue weighted by atomic mass is 10.0. The van der Waals surface area contributed by atoms with Crippen molar-refractivity contribution in [2.45, 2.75) is 31.8 Å². The molecule has 21 heavy (non-hydrogen) atoms. The summed E-state index contributed by atoms with van der Waals surface area (Å²) in [5.74, 6) is -0.272. The number of hydroxylamine groups is 3. The van der Waals surface area contributed by atoms with Gasteiger partial charge < -0.3 is 9.80 Å². The first-order chi connectivity index (χ1) is 10.1. The number of hydrogen-bond acceptors (Lipinski definition) is 5. The molecule has 2 bridgehead atoms. The summed E-state index contributed by atoms with van der Waals surface area (Å²) in [5, 5.41) is 1.31. The summed E-state index contributed by atoms with van der Waals surface area (Å²) in [6.07, 6.45) is 1.36. The Bertz CT molecular complexity index is 397. The molecule has 1 unspecified atom stereocenters. The van der Waals surface area contributed by atoms with E-state index in [1.54, 1.807) is 0 Å². The number of urea groups is 1. The molecular weight excluding hydrogens is 295 g/mol. The molecule has 2 saturated heterocycles. The second-order valence-corrected chi connectivity index (χ2v) is 5.53. The fourth-order valence-electron chi connectivity index (χ4n) is 2.59. The normalized spacial score (nSPS) is 24.9. The van der Waals surface area contributed by atoms with Crippen LogP contribution in [0.4, 0.5) is 4.79 Å². The first kappa shape index (κ1) is 16.4. The SMILES string of the molecule is CCN(C)CCONC(=O)[C@@H]1CC[C@@H]2CN1C(=O)N2OP. The van der Waals surface area contributed by atoms with Gasteiger partial charge >= 0.3 is 6.03 Å². The average Bonchev–Trinajstić information content (AvgIpc) is 2.74. The van der Waals surface area contributed by atoms with Crippen molar-refractivity contribution in [3.63, 3.8) is 0 Å². The fraction of sp³-hybridized carbons (Fsp3) is 0.833. The standard InChI is InChI=1S/C12H23N4O4P/c1-3-14(2)6-7-19-13-11(17)10-5-4-9-8-15(10)12(18)16(9)20-21/h9-10H,3-8,21H2,1-2H3,(H,13,17)/t9-,10+/m1/s1. The number of piperidine rings is 1. The molecule has 2 aliphatic rings. The minimum absolute atomic E-state index is 0.0261. The van der Waals surface area contributed by atoms with E-state index in [1.165, 1.54) is 9.96 Å². The predicted octanol–water partition coefficient (Wildman–Crippen LogP) is -0.0238. The highest BCUT2D eigenvalue weighted by atomic mass is 31.0. The van der Waals surface area contributed by atoms with E-state index >= 15 is 0 Å². The van der Waals surface area contributed by atoms with Crippen LogP contribution < -0.4 is 5.48 Å². The Hall–Kier alpha value is -0.950. The van der Waals surface area contributed by atoms with Gasteiger partial charge in [0.15, 0.2) is 0 Å². The third kappa shape index (κ3) is 3.63. The van der Waals surface area contributed by atoms with E-state index in [4.69, 9.17) is 9.46 Å². The second-order valence-electron chi connectivity index (χ2n) is 5.32. The topological polar surface area (TPSA) is 74.4 Å². The van der Waals surface area contributed by atoms with Crippen molar-refractivity contribution >= 4 is 21.4 Å². The number of nitrogens with zero attached hydrogens (tertiary/aromatic N) is 3. The Morgan fingerprint density at radius 2 is 2.29 bits per heavy atom. The van der Waals surface area contributed by atoms with E-state index in [2.05, 4.69) is 26.8 Å². The van der Waals surface area contributed by atoms with Crippen molar-refractivity contribution < 1.29 is 19.1 Å². The van der Waals surface area contributed by atoms with Crippen molar-refractivity contribution in [1.82, 2.24) is 20.3 Å². The quantitative estimate of drug-likeness (QED) is 0.406. The minimum atomic E-state index is -0.484. The van der Waals surface area contributed by atoms with Gasteiger partial charge in [-0.05, 0) is 26.4 Å². The number of amides is 3. The van der Waals surface area contributed by atoms with Gasteiger partial charge in [-0.3, -0.25) is 14.3 Å². The number of likely N-dealkylation sites (N-methyl/N-ethyl adjacent to an activating group) is 1. The van der Waals surface area contributed by atoms with Gasteiger partial charge in [0.05, 0.1) is 12.6 Å². The molecule has 1 N–H and O–H groups in total. The third-order valence-electron chi connectivity index (χ3n) is 4.03. The van der Waals surface area contributed by atoms with E-state index in [9.17, 15) is 9.59 Å².